The van der Waals surface area contributed by atoms with Crippen LogP contribution in [0.5, 0.6) is 0 Å². The van der Waals surface area contributed by atoms with Gasteiger partial charge in [0.1, 0.15) is 0 Å². The Morgan fingerprint density at radius 2 is 1.83 bits per heavy atom. The number of piperazine rings is 1. The Hall–Kier alpha value is -0.690. The first-order chi connectivity index (χ1) is 11.5. The predicted molar refractivity (Wildman–Crippen MR) is 97.1 cm³/mol. The van der Waals surface area contributed by atoms with Crippen LogP contribution in [-0.2, 0) is 4.79 Å². The number of carbonyl (C=O) groups excluding carboxylic acids is 1. The highest BCUT2D eigenvalue weighted by atomic mass is 16.3. The second-order valence-corrected chi connectivity index (χ2v) is 7.72. The van der Waals surface area contributed by atoms with Crippen LogP contribution in [0.3, 0.4) is 0 Å². The molecule has 6 heteroatoms. The van der Waals surface area contributed by atoms with E-state index in [2.05, 4.69) is 22.2 Å². The van der Waals surface area contributed by atoms with Crippen LogP contribution < -0.4 is 5.32 Å². The number of nitrogens with one attached hydrogen (secondary N) is 1. The Morgan fingerprint density at radius 3 is 2.46 bits per heavy atom. The van der Waals surface area contributed by atoms with Crippen molar-refractivity contribution < 1.29 is 9.90 Å². The topological polar surface area (TPSA) is 59.1 Å². The number of hydrogen-bond donors (Lipinski definition) is 2. The second-order valence-electron chi connectivity index (χ2n) is 7.72. The average molecular weight is 341 g/mol. The Kier molecular flexibility index (Phi) is 7.94. The smallest absolute Gasteiger partial charge is 0.237 e. The monoisotopic (exact) mass is 340 g/mol. The van der Waals surface area contributed by atoms with Gasteiger partial charge in [-0.25, -0.2) is 0 Å². The van der Waals surface area contributed by atoms with E-state index in [0.717, 1.165) is 39.0 Å². The minimum absolute atomic E-state index is 0.0937. The summed E-state index contributed by atoms with van der Waals surface area (Å²) in [6.07, 6.45) is 5.53. The van der Waals surface area contributed by atoms with Crippen molar-refractivity contribution in [2.45, 2.75) is 57.2 Å². The van der Waals surface area contributed by atoms with Gasteiger partial charge >= 0.3 is 0 Å². The molecule has 1 saturated carbocycles. The molecule has 6 nitrogen and oxygen atoms in total. The largest absolute Gasteiger partial charge is 0.390 e. The van der Waals surface area contributed by atoms with Crippen molar-refractivity contribution in [2.75, 3.05) is 53.4 Å². The van der Waals surface area contributed by atoms with Gasteiger partial charge in [0, 0.05) is 45.3 Å². The fourth-order valence-corrected chi connectivity index (χ4v) is 3.65. The van der Waals surface area contributed by atoms with Gasteiger partial charge in [-0.05, 0) is 33.9 Å². The third-order valence-electron chi connectivity index (χ3n) is 5.56. The Bertz CT molecular complexity index is 379. The maximum Gasteiger partial charge on any atom is 0.237 e. The molecule has 0 radical (unpaired) electrons. The van der Waals surface area contributed by atoms with Gasteiger partial charge in [-0.2, -0.15) is 0 Å². The van der Waals surface area contributed by atoms with Gasteiger partial charge in [-0.15, -0.1) is 0 Å². The first-order valence-electron chi connectivity index (χ1n) is 9.55. The number of β-amino-alcohol motifs (C(OH)–C–C–N with tert-alkyl or cyclic N) is 1. The molecule has 0 aromatic carbocycles. The quantitative estimate of drug-likeness (QED) is 0.701. The summed E-state index contributed by atoms with van der Waals surface area (Å²) in [5, 5.41) is 13.5. The zero-order valence-corrected chi connectivity index (χ0v) is 15.7. The summed E-state index contributed by atoms with van der Waals surface area (Å²) >= 11 is 0. The van der Waals surface area contributed by atoms with Crippen molar-refractivity contribution in [1.29, 1.82) is 0 Å². The minimum atomic E-state index is -0.414. The third kappa shape index (κ3) is 6.31. The number of amides is 1. The molecular weight excluding hydrogens is 304 g/mol. The Labute approximate surface area is 147 Å². The van der Waals surface area contributed by atoms with Crippen LogP contribution in [0, 0.1) is 0 Å². The van der Waals surface area contributed by atoms with Crippen molar-refractivity contribution in [3.8, 4) is 0 Å². The van der Waals surface area contributed by atoms with Crippen LogP contribution in [0.15, 0.2) is 0 Å². The molecule has 2 N–H and O–H groups in total. The van der Waals surface area contributed by atoms with Gasteiger partial charge in [0.2, 0.25) is 5.91 Å². The summed E-state index contributed by atoms with van der Waals surface area (Å²) in [6, 6.07) is 0.145. The van der Waals surface area contributed by atoms with E-state index in [1.165, 1.54) is 19.3 Å². The van der Waals surface area contributed by atoms with E-state index in [1.54, 1.807) is 0 Å². The van der Waals surface area contributed by atoms with Gasteiger partial charge in [0.05, 0.1) is 12.1 Å². The van der Waals surface area contributed by atoms with E-state index in [-0.39, 0.29) is 11.9 Å². The van der Waals surface area contributed by atoms with Gasteiger partial charge < -0.3 is 15.3 Å². The van der Waals surface area contributed by atoms with Gasteiger partial charge in [0.15, 0.2) is 0 Å². The van der Waals surface area contributed by atoms with Crippen molar-refractivity contribution in [3.05, 3.63) is 0 Å². The van der Waals surface area contributed by atoms with Crippen LogP contribution in [0.4, 0.5) is 0 Å². The highest BCUT2D eigenvalue weighted by Crippen LogP contribution is 2.17. The van der Waals surface area contributed by atoms with E-state index in [1.807, 2.05) is 18.9 Å². The number of carbonyl (C=O) groups is 1. The number of nitrogens with zero attached hydrogens (tertiary/aromatic N) is 3. The van der Waals surface area contributed by atoms with Crippen LogP contribution in [0.1, 0.15) is 39.0 Å². The first-order valence-corrected chi connectivity index (χ1v) is 9.55. The van der Waals surface area contributed by atoms with Crippen LogP contribution >= 0.6 is 0 Å². The maximum absolute atomic E-state index is 12.4. The summed E-state index contributed by atoms with van der Waals surface area (Å²) in [5.74, 6) is 0.0937. The van der Waals surface area contributed by atoms with Crippen molar-refractivity contribution in [1.82, 2.24) is 20.0 Å². The highest BCUT2D eigenvalue weighted by molar-refractivity contribution is 5.81. The summed E-state index contributed by atoms with van der Waals surface area (Å²) in [4.78, 5) is 19.0. The van der Waals surface area contributed by atoms with Crippen LogP contribution in [0.25, 0.3) is 0 Å². The first kappa shape index (κ1) is 19.6. The number of hydrogen-bond acceptors (Lipinski definition) is 5. The van der Waals surface area contributed by atoms with E-state index in [0.29, 0.717) is 19.1 Å². The molecule has 24 heavy (non-hydrogen) atoms. The van der Waals surface area contributed by atoms with Gasteiger partial charge in [-0.1, -0.05) is 19.3 Å². The Balaban J connectivity index is 1.69. The molecule has 140 valence electrons. The number of likely N-dealkylation sites (N-methyl/N-ethyl adjacent to an activating group) is 2. The minimum Gasteiger partial charge on any atom is -0.390 e. The molecule has 1 aliphatic heterocycles. The molecular formula is C18H36N4O2. The van der Waals surface area contributed by atoms with Crippen molar-refractivity contribution in [3.63, 3.8) is 0 Å². The molecule has 0 spiro atoms. The predicted octanol–water partition coefficient (Wildman–Crippen LogP) is 0.364. The van der Waals surface area contributed by atoms with E-state index in [9.17, 15) is 9.90 Å². The van der Waals surface area contributed by atoms with Gasteiger partial charge in [-0.3, -0.25) is 14.6 Å². The molecule has 2 rings (SSSR count). The molecule has 2 atom stereocenters. The molecule has 2 unspecified atom stereocenters. The Morgan fingerprint density at radius 1 is 1.21 bits per heavy atom. The number of aliphatic hydroxyl groups excluding tert-OH is 1. The van der Waals surface area contributed by atoms with Crippen molar-refractivity contribution in [2.24, 2.45) is 0 Å². The highest BCUT2D eigenvalue weighted by Gasteiger charge is 2.24. The number of aliphatic hydroxyl groups is 1. The van der Waals surface area contributed by atoms with Crippen LogP contribution in [0.2, 0.25) is 0 Å². The lowest BCUT2D eigenvalue weighted by Gasteiger charge is -2.35. The third-order valence-corrected chi connectivity index (χ3v) is 5.56. The van der Waals surface area contributed by atoms with E-state index < -0.39 is 6.10 Å². The fourth-order valence-electron chi connectivity index (χ4n) is 3.65. The summed E-state index contributed by atoms with van der Waals surface area (Å²) < 4.78 is 0. The zero-order valence-electron chi connectivity index (χ0n) is 15.7. The standard InChI is InChI=1S/C18H36N4O2/c1-15(18(24)19-16-7-5-4-6-8-16)21(3)13-17(23)14-22-11-9-20(2)10-12-22/h15-17,23H,4-14H2,1-3H3,(H,19,24). The molecule has 1 saturated heterocycles. The summed E-state index contributed by atoms with van der Waals surface area (Å²) in [5.41, 5.74) is 0. The van der Waals surface area contributed by atoms with E-state index in [4.69, 9.17) is 0 Å². The lowest BCUT2D eigenvalue weighted by Crippen LogP contribution is -2.51. The van der Waals surface area contributed by atoms with Crippen LogP contribution in [-0.4, -0.2) is 97.3 Å². The molecule has 1 amide bonds. The lowest BCUT2D eigenvalue weighted by atomic mass is 9.95. The molecule has 0 aromatic heterocycles. The normalized spacial score (nSPS) is 24.0. The molecule has 0 aromatic rings. The summed E-state index contributed by atoms with van der Waals surface area (Å²) in [7, 11) is 4.06. The SMILES string of the molecule is CC(C(=O)NC1CCCCC1)N(C)CC(O)CN1CCN(C)CC1. The molecule has 1 heterocycles. The fraction of sp³-hybridized carbons (Fsp3) is 0.944. The lowest BCUT2D eigenvalue weighted by molar-refractivity contribution is -0.126. The molecule has 2 aliphatic rings. The van der Waals surface area contributed by atoms with E-state index >= 15 is 0 Å². The number of rotatable bonds is 7. The molecule has 2 fully saturated rings. The van der Waals surface area contributed by atoms with Gasteiger partial charge in [0.25, 0.3) is 0 Å². The molecule has 0 bridgehead atoms. The zero-order chi connectivity index (χ0) is 17.5. The second kappa shape index (κ2) is 9.70. The average Bonchev–Trinajstić information content (AvgIpc) is 2.57. The summed E-state index contributed by atoms with van der Waals surface area (Å²) in [6.45, 7) is 7.29. The molecule has 1 aliphatic carbocycles. The van der Waals surface area contributed by atoms with Crippen molar-refractivity contribution >= 4 is 5.91 Å². The maximum atomic E-state index is 12.4.